The first-order valence-electron chi connectivity index (χ1n) is 16.6. The number of rotatable bonds is 5. The monoisotopic (exact) mass is 641 g/mol. The van der Waals surface area contributed by atoms with E-state index in [1.54, 1.807) is 0 Å². The Morgan fingerprint density at radius 3 is 1.38 bits per heavy atom. The molecule has 7 aromatic carbocycles. The van der Waals surface area contributed by atoms with Crippen molar-refractivity contribution < 1.29 is 8.83 Å². The normalized spacial score (nSPS) is 11.6. The molecule has 0 saturated heterocycles. The Kier molecular flexibility index (Phi) is 6.42. The molecule has 0 unspecified atom stereocenters. The van der Waals surface area contributed by atoms with E-state index in [1.165, 1.54) is 0 Å². The summed E-state index contributed by atoms with van der Waals surface area (Å²) < 4.78 is 12.8. The zero-order chi connectivity index (χ0) is 33.0. The Bertz CT molecular complexity index is 2850. The van der Waals surface area contributed by atoms with Gasteiger partial charge in [-0.3, -0.25) is 0 Å². The lowest BCUT2D eigenvalue weighted by Crippen LogP contribution is -2.00. The van der Waals surface area contributed by atoms with Crippen LogP contribution < -0.4 is 0 Å². The lowest BCUT2D eigenvalue weighted by molar-refractivity contribution is 0.668. The van der Waals surface area contributed by atoms with Crippen molar-refractivity contribution in [2.75, 3.05) is 0 Å². The van der Waals surface area contributed by atoms with Gasteiger partial charge in [-0.2, -0.15) is 0 Å². The van der Waals surface area contributed by atoms with Crippen LogP contribution in [0.3, 0.4) is 0 Å². The van der Waals surface area contributed by atoms with Gasteiger partial charge in [0.25, 0.3) is 0 Å². The van der Waals surface area contributed by atoms with Crippen LogP contribution >= 0.6 is 0 Å². The first-order chi connectivity index (χ1) is 24.8. The SMILES string of the molecule is c1ccc(-c2ccc(-c3nc(-c4ccccc4)nc(-c4cccc5oc6cccc(-c7cccc8oc9ccccc9c78)c6c45)n3)cc2)cc1. The largest absolute Gasteiger partial charge is 0.456 e. The number of benzene rings is 7. The Morgan fingerprint density at radius 1 is 0.280 bits per heavy atom. The molecule has 0 aliphatic carbocycles. The maximum absolute atomic E-state index is 6.55. The third-order valence-electron chi connectivity index (χ3n) is 9.37. The van der Waals surface area contributed by atoms with Crippen LogP contribution in [-0.2, 0) is 0 Å². The Balaban J connectivity index is 1.21. The molecule has 0 spiro atoms. The summed E-state index contributed by atoms with van der Waals surface area (Å²) in [6, 6.07) is 55.6. The van der Waals surface area contributed by atoms with Gasteiger partial charge in [0.05, 0.1) is 0 Å². The Labute approximate surface area is 287 Å². The van der Waals surface area contributed by atoms with Crippen LogP contribution in [-0.4, -0.2) is 15.0 Å². The van der Waals surface area contributed by atoms with Gasteiger partial charge in [-0.1, -0.05) is 140 Å². The summed E-state index contributed by atoms with van der Waals surface area (Å²) in [5, 5.41) is 4.12. The summed E-state index contributed by atoms with van der Waals surface area (Å²) >= 11 is 0. The lowest BCUT2D eigenvalue weighted by atomic mass is 9.94. The van der Waals surface area contributed by atoms with E-state index in [9.17, 15) is 0 Å². The number of nitrogens with zero attached hydrogens (tertiary/aromatic N) is 3. The summed E-state index contributed by atoms with van der Waals surface area (Å²) in [5.74, 6) is 1.79. The highest BCUT2D eigenvalue weighted by molar-refractivity contribution is 6.21. The second-order valence-electron chi connectivity index (χ2n) is 12.4. The standard InChI is InChI=1S/C45H27N3O2/c1-3-12-28(13-4-1)29-24-26-31(27-25-29)44-46-43(30-14-5-2-6-15-30)47-45(48-44)35-19-11-23-39-42(35)41-33(18-10-22-38(41)50-39)32-17-9-21-37-40(32)34-16-7-8-20-36(34)49-37/h1-27H. The molecule has 10 rings (SSSR count). The fourth-order valence-electron chi connectivity index (χ4n) is 7.06. The van der Waals surface area contributed by atoms with Crippen molar-refractivity contribution in [3.05, 3.63) is 164 Å². The van der Waals surface area contributed by atoms with Gasteiger partial charge in [0.1, 0.15) is 22.3 Å². The fraction of sp³-hybridized carbons (Fsp3) is 0. The summed E-state index contributed by atoms with van der Waals surface area (Å²) in [6.45, 7) is 0. The first-order valence-corrected chi connectivity index (χ1v) is 16.6. The fourth-order valence-corrected chi connectivity index (χ4v) is 7.06. The number of aromatic nitrogens is 3. The molecule has 0 N–H and O–H groups in total. The van der Waals surface area contributed by atoms with Crippen molar-refractivity contribution in [2.24, 2.45) is 0 Å². The van der Waals surface area contributed by atoms with Gasteiger partial charge in [0, 0.05) is 38.2 Å². The molecule has 0 aliphatic rings. The molecular weight excluding hydrogens is 615 g/mol. The molecule has 0 aliphatic heterocycles. The maximum Gasteiger partial charge on any atom is 0.164 e. The van der Waals surface area contributed by atoms with E-state index >= 15 is 0 Å². The molecule has 50 heavy (non-hydrogen) atoms. The van der Waals surface area contributed by atoms with Crippen LogP contribution in [0.15, 0.2) is 173 Å². The quantitative estimate of drug-likeness (QED) is 0.187. The van der Waals surface area contributed by atoms with Crippen molar-refractivity contribution in [1.82, 2.24) is 15.0 Å². The number of para-hydroxylation sites is 1. The van der Waals surface area contributed by atoms with Crippen molar-refractivity contribution in [3.63, 3.8) is 0 Å². The number of hydrogen-bond donors (Lipinski definition) is 0. The van der Waals surface area contributed by atoms with E-state index in [2.05, 4.69) is 91.0 Å². The zero-order valence-corrected chi connectivity index (χ0v) is 26.7. The molecule has 5 nitrogen and oxygen atoms in total. The molecule has 0 amide bonds. The average Bonchev–Trinajstić information content (AvgIpc) is 3.77. The molecule has 0 saturated carbocycles. The molecule has 10 aromatic rings. The lowest BCUT2D eigenvalue weighted by Gasteiger charge is -2.11. The minimum Gasteiger partial charge on any atom is -0.456 e. The van der Waals surface area contributed by atoms with Crippen molar-refractivity contribution >= 4 is 43.9 Å². The minimum absolute atomic E-state index is 0.580. The molecule has 5 heteroatoms. The van der Waals surface area contributed by atoms with Crippen LogP contribution in [0, 0.1) is 0 Å². The smallest absolute Gasteiger partial charge is 0.164 e. The van der Waals surface area contributed by atoms with E-state index in [1.807, 2.05) is 72.8 Å². The molecule has 3 aromatic heterocycles. The first kappa shape index (κ1) is 28.2. The number of fused-ring (bicyclic) bond motifs is 6. The van der Waals surface area contributed by atoms with Gasteiger partial charge in [0.2, 0.25) is 0 Å². The van der Waals surface area contributed by atoms with Crippen molar-refractivity contribution in [2.45, 2.75) is 0 Å². The predicted octanol–water partition coefficient (Wildman–Crippen LogP) is 12.0. The van der Waals surface area contributed by atoms with E-state index in [-0.39, 0.29) is 0 Å². The minimum atomic E-state index is 0.580. The number of hydrogen-bond acceptors (Lipinski definition) is 5. The van der Waals surface area contributed by atoms with Gasteiger partial charge < -0.3 is 8.83 Å². The van der Waals surface area contributed by atoms with Crippen LogP contribution in [0.5, 0.6) is 0 Å². The summed E-state index contributed by atoms with van der Waals surface area (Å²) in [6.07, 6.45) is 0. The maximum atomic E-state index is 6.55. The van der Waals surface area contributed by atoms with Crippen LogP contribution in [0.1, 0.15) is 0 Å². The van der Waals surface area contributed by atoms with Crippen LogP contribution in [0.2, 0.25) is 0 Å². The van der Waals surface area contributed by atoms with E-state index in [4.69, 9.17) is 23.8 Å². The molecule has 3 heterocycles. The molecule has 0 bridgehead atoms. The zero-order valence-electron chi connectivity index (χ0n) is 26.7. The summed E-state index contributed by atoms with van der Waals surface area (Å²) in [7, 11) is 0. The average molecular weight is 642 g/mol. The second kappa shape index (κ2) is 11.4. The molecule has 0 fully saturated rings. The molecular formula is C45H27N3O2. The Hall–Kier alpha value is -6.85. The second-order valence-corrected chi connectivity index (χ2v) is 12.4. The van der Waals surface area contributed by atoms with E-state index in [0.29, 0.717) is 17.5 Å². The van der Waals surface area contributed by atoms with Gasteiger partial charge >= 0.3 is 0 Å². The topological polar surface area (TPSA) is 65.0 Å². The van der Waals surface area contributed by atoms with Gasteiger partial charge in [-0.15, -0.1) is 0 Å². The van der Waals surface area contributed by atoms with Crippen LogP contribution in [0.25, 0.3) is 100 Å². The number of furan rings is 2. The highest BCUT2D eigenvalue weighted by atomic mass is 16.3. The molecule has 234 valence electrons. The highest BCUT2D eigenvalue weighted by Gasteiger charge is 2.22. The third-order valence-corrected chi connectivity index (χ3v) is 9.37. The van der Waals surface area contributed by atoms with Crippen LogP contribution in [0.4, 0.5) is 0 Å². The van der Waals surface area contributed by atoms with E-state index in [0.717, 1.165) is 82.8 Å². The van der Waals surface area contributed by atoms with Crippen molar-refractivity contribution in [1.29, 1.82) is 0 Å². The molecule has 0 atom stereocenters. The van der Waals surface area contributed by atoms with Gasteiger partial charge in [-0.05, 0) is 46.5 Å². The van der Waals surface area contributed by atoms with Gasteiger partial charge in [0.15, 0.2) is 17.5 Å². The Morgan fingerprint density at radius 2 is 0.700 bits per heavy atom. The van der Waals surface area contributed by atoms with E-state index < -0.39 is 0 Å². The highest BCUT2D eigenvalue weighted by Crippen LogP contribution is 2.44. The third kappa shape index (κ3) is 4.60. The predicted molar refractivity (Wildman–Crippen MR) is 202 cm³/mol. The van der Waals surface area contributed by atoms with Crippen molar-refractivity contribution in [3.8, 4) is 56.4 Å². The molecule has 0 radical (unpaired) electrons. The summed E-state index contributed by atoms with van der Waals surface area (Å²) in [4.78, 5) is 15.2. The summed E-state index contributed by atoms with van der Waals surface area (Å²) in [5.41, 5.74) is 10.4. The van der Waals surface area contributed by atoms with Gasteiger partial charge in [-0.25, -0.2) is 15.0 Å².